The Balaban J connectivity index is 1.57. The first kappa shape index (κ1) is 36.1. The zero-order valence-electron chi connectivity index (χ0n) is 25.5. The van der Waals surface area contributed by atoms with Crippen LogP contribution in [0.1, 0.15) is 74.5 Å². The summed E-state index contributed by atoms with van der Waals surface area (Å²) in [4.78, 5) is 28.1. The number of fused-ring (bicyclic) bond motifs is 3. The molecule has 1 saturated heterocycles. The third kappa shape index (κ3) is 5.88. The van der Waals surface area contributed by atoms with Crippen molar-refractivity contribution in [3.63, 3.8) is 0 Å². The average molecular weight is 721 g/mol. The highest BCUT2D eigenvalue weighted by molar-refractivity contribution is 7.92. The number of likely N-dealkylation sites (tertiary alicyclic amines) is 1. The third-order valence-electron chi connectivity index (χ3n) is 10.2. The number of aryl methyl sites for hydroxylation is 1. The van der Waals surface area contributed by atoms with Gasteiger partial charge in [-0.15, -0.1) is 0 Å². The fourth-order valence-electron chi connectivity index (χ4n) is 7.76. The molecule has 5 rings (SSSR count). The van der Waals surface area contributed by atoms with Gasteiger partial charge in [0, 0.05) is 41.8 Å². The van der Waals surface area contributed by atoms with Gasteiger partial charge in [0.25, 0.3) is 0 Å². The van der Waals surface area contributed by atoms with Crippen molar-refractivity contribution in [1.82, 2.24) is 4.90 Å². The number of Topliss-reactive ketones (excluding diaryl/α,β-unsaturated/α-hetero) is 1. The molecule has 48 heavy (non-hydrogen) atoms. The van der Waals surface area contributed by atoms with E-state index in [4.69, 9.17) is 16.9 Å². The smallest absolute Gasteiger partial charge is 0.337 e. The van der Waals surface area contributed by atoms with Crippen LogP contribution in [0.2, 0.25) is 5.02 Å². The molecule has 0 bridgehead atoms. The first-order valence-electron chi connectivity index (χ1n) is 15.6. The van der Waals surface area contributed by atoms with E-state index in [0.29, 0.717) is 44.2 Å². The van der Waals surface area contributed by atoms with E-state index in [-0.39, 0.29) is 77.3 Å². The fourth-order valence-corrected chi connectivity index (χ4v) is 10.3. The van der Waals surface area contributed by atoms with E-state index in [0.717, 1.165) is 6.07 Å². The number of hydrogen-bond acceptors (Lipinski definition) is 5. The predicted octanol–water partition coefficient (Wildman–Crippen LogP) is 7.92. The molecule has 2 fully saturated rings. The highest BCUT2D eigenvalue weighted by Gasteiger charge is 2.74. The van der Waals surface area contributed by atoms with Gasteiger partial charge >= 0.3 is 18.0 Å². The lowest BCUT2D eigenvalue weighted by Crippen LogP contribution is -2.53. The Morgan fingerprint density at radius 1 is 0.958 bits per heavy atom. The Labute approximate surface area is 278 Å². The number of hydrogen-bond donors (Lipinski definition) is 0. The number of carbonyl (C=O) groups excluding carboxylic acids is 2. The lowest BCUT2D eigenvalue weighted by Gasteiger charge is -2.43. The van der Waals surface area contributed by atoms with Crippen molar-refractivity contribution in [3.05, 3.63) is 64.2 Å². The van der Waals surface area contributed by atoms with Gasteiger partial charge in [0.1, 0.15) is 10.5 Å². The molecule has 0 radical (unpaired) electrons. The second kappa shape index (κ2) is 12.9. The summed E-state index contributed by atoms with van der Waals surface area (Å²) in [6.45, 7) is -0.0777. The minimum absolute atomic E-state index is 0.00613. The van der Waals surface area contributed by atoms with Crippen LogP contribution < -0.4 is 0 Å². The molecule has 0 spiro atoms. The number of nitriles is 1. The Morgan fingerprint density at radius 2 is 1.62 bits per heavy atom. The molecular weight excluding hydrogens is 689 g/mol. The molecule has 2 aromatic rings. The van der Waals surface area contributed by atoms with E-state index >= 15 is 4.39 Å². The minimum Gasteiger partial charge on any atom is -0.337 e. The van der Waals surface area contributed by atoms with E-state index in [1.807, 2.05) is 6.07 Å². The Kier molecular flexibility index (Phi) is 9.73. The molecule has 3 aliphatic rings. The number of rotatable bonds is 7. The Hall–Kier alpha value is -3.18. The van der Waals surface area contributed by atoms with Crippen LogP contribution in [0.15, 0.2) is 47.4 Å². The number of sulfone groups is 1. The van der Waals surface area contributed by atoms with Gasteiger partial charge in [-0.25, -0.2) is 12.8 Å². The second-order valence-corrected chi connectivity index (χ2v) is 15.4. The van der Waals surface area contributed by atoms with Crippen molar-refractivity contribution in [1.29, 1.82) is 5.26 Å². The first-order chi connectivity index (χ1) is 22.4. The summed E-state index contributed by atoms with van der Waals surface area (Å²) in [5.41, 5.74) is -7.69. The van der Waals surface area contributed by atoms with Crippen LogP contribution >= 0.6 is 11.6 Å². The summed E-state index contributed by atoms with van der Waals surface area (Å²) in [7, 11) is -4.50. The molecule has 4 atom stereocenters. The maximum Gasteiger partial charge on any atom is 0.435 e. The van der Waals surface area contributed by atoms with E-state index in [1.165, 1.54) is 29.2 Å². The summed E-state index contributed by atoms with van der Waals surface area (Å²) in [6, 6.07) is 7.71. The van der Waals surface area contributed by atoms with Gasteiger partial charge in [-0.05, 0) is 86.8 Å². The number of carbonyl (C=O) groups is 2. The normalized spacial score (nSPS) is 25.2. The first-order valence-corrected chi connectivity index (χ1v) is 17.4. The standard InChI is InChI=1S/C33H32ClF7N2O4S/c34-24-9-11-25(12-10-24)48(46,47)30-16-18-43(29(45)21-5-4-20(3-1-2-17-42)27(44)14-6-21)28(30)15-7-22-19-23(8-13-26(22)30)31(35,32(36,37)38)33(39,40)41/h8-13,19-21,28H,1-7,14-16,18H2/t20?,21-,28?,30?/m0/s1. The molecule has 1 aliphatic heterocycles. The highest BCUT2D eigenvalue weighted by atomic mass is 35.5. The molecule has 2 aliphatic carbocycles. The van der Waals surface area contributed by atoms with Crippen molar-refractivity contribution >= 4 is 33.1 Å². The van der Waals surface area contributed by atoms with Crippen LogP contribution in [0.5, 0.6) is 0 Å². The van der Waals surface area contributed by atoms with Crippen molar-refractivity contribution in [2.45, 2.75) is 97.9 Å². The van der Waals surface area contributed by atoms with Crippen LogP contribution in [0.4, 0.5) is 30.7 Å². The van der Waals surface area contributed by atoms with Gasteiger partial charge in [0.15, 0.2) is 9.84 Å². The van der Waals surface area contributed by atoms with Gasteiger partial charge in [0.2, 0.25) is 5.91 Å². The van der Waals surface area contributed by atoms with Crippen LogP contribution in [0.3, 0.4) is 0 Å². The number of halogens is 8. The molecule has 260 valence electrons. The molecule has 15 heteroatoms. The van der Waals surface area contributed by atoms with Crippen molar-refractivity contribution in [3.8, 4) is 6.07 Å². The second-order valence-electron chi connectivity index (χ2n) is 12.7. The molecule has 0 N–H and O–H groups in total. The SMILES string of the molecule is N#CCCCC1CC[C@H](C(=O)N2CCC3(S(=O)(=O)c4ccc(Cl)cc4)c4ccc(C(F)(C(F)(F)F)C(F)(F)F)cc4CCC23)CCC1=O. The van der Waals surface area contributed by atoms with Gasteiger partial charge in [-0.1, -0.05) is 29.8 Å². The predicted molar refractivity (Wildman–Crippen MR) is 160 cm³/mol. The van der Waals surface area contributed by atoms with Crippen LogP contribution in [0.25, 0.3) is 0 Å². The summed E-state index contributed by atoms with van der Waals surface area (Å²) in [5.74, 6) is -1.30. The molecule has 1 saturated carbocycles. The summed E-state index contributed by atoms with van der Waals surface area (Å²) >= 11 is 5.99. The van der Waals surface area contributed by atoms with Gasteiger partial charge in [-0.2, -0.15) is 31.6 Å². The summed E-state index contributed by atoms with van der Waals surface area (Å²) in [6.07, 6.45) is -10.8. The minimum atomic E-state index is -6.35. The van der Waals surface area contributed by atoms with Crippen LogP contribution in [-0.4, -0.2) is 49.9 Å². The van der Waals surface area contributed by atoms with Gasteiger partial charge < -0.3 is 4.90 Å². The molecule has 2 aromatic carbocycles. The zero-order chi connectivity index (χ0) is 35.3. The molecular formula is C33H32ClF7N2O4S. The molecule has 3 unspecified atom stereocenters. The number of nitrogens with zero attached hydrogens (tertiary/aromatic N) is 2. The quantitative estimate of drug-likeness (QED) is 0.165. The number of amides is 1. The van der Waals surface area contributed by atoms with Gasteiger partial charge in [0.05, 0.1) is 17.0 Å². The fraction of sp³-hybridized carbons (Fsp3) is 0.545. The van der Waals surface area contributed by atoms with E-state index in [1.54, 1.807) is 0 Å². The van der Waals surface area contributed by atoms with Crippen LogP contribution in [-0.2, 0) is 36.3 Å². The summed E-state index contributed by atoms with van der Waals surface area (Å²) in [5, 5.41) is 9.06. The lowest BCUT2D eigenvalue weighted by atomic mass is 9.76. The third-order valence-corrected chi connectivity index (χ3v) is 13.0. The largest absolute Gasteiger partial charge is 0.435 e. The maximum absolute atomic E-state index is 15.1. The highest BCUT2D eigenvalue weighted by Crippen LogP contribution is 2.57. The van der Waals surface area contributed by atoms with Crippen LogP contribution in [0, 0.1) is 23.2 Å². The van der Waals surface area contributed by atoms with Crippen molar-refractivity contribution in [2.75, 3.05) is 6.54 Å². The monoisotopic (exact) mass is 720 g/mol. The average Bonchev–Trinajstić information content (AvgIpc) is 3.34. The van der Waals surface area contributed by atoms with E-state index in [2.05, 4.69) is 0 Å². The molecule has 0 aromatic heterocycles. The zero-order valence-corrected chi connectivity index (χ0v) is 27.1. The number of ketones is 1. The number of unbranched alkanes of at least 4 members (excludes halogenated alkanes) is 1. The summed E-state index contributed by atoms with van der Waals surface area (Å²) < 4.78 is 124. The Bertz CT molecular complexity index is 1710. The maximum atomic E-state index is 15.1. The van der Waals surface area contributed by atoms with E-state index in [9.17, 15) is 44.3 Å². The topological polar surface area (TPSA) is 95.3 Å². The molecule has 1 heterocycles. The molecule has 1 amide bonds. The number of benzene rings is 2. The number of alkyl halides is 7. The van der Waals surface area contributed by atoms with E-state index < -0.39 is 50.1 Å². The molecule has 6 nitrogen and oxygen atoms in total. The van der Waals surface area contributed by atoms with Crippen molar-refractivity contribution in [2.24, 2.45) is 11.8 Å². The van der Waals surface area contributed by atoms with Crippen molar-refractivity contribution < 1.29 is 48.7 Å². The lowest BCUT2D eigenvalue weighted by molar-refractivity contribution is -0.348. The Morgan fingerprint density at radius 3 is 2.25 bits per heavy atom. The van der Waals surface area contributed by atoms with Gasteiger partial charge in [-0.3, -0.25) is 9.59 Å².